The van der Waals surface area contributed by atoms with E-state index in [4.69, 9.17) is 15.2 Å². The summed E-state index contributed by atoms with van der Waals surface area (Å²) in [5.74, 6) is 2.36. The van der Waals surface area contributed by atoms with Crippen LogP contribution in [0.15, 0.2) is 77.4 Å². The predicted octanol–water partition coefficient (Wildman–Crippen LogP) is 5.99. The number of aromatic nitrogens is 1. The molecule has 2 heterocycles. The average Bonchev–Trinajstić information content (AvgIpc) is 3.48. The first-order chi connectivity index (χ1) is 15.7. The van der Waals surface area contributed by atoms with Crippen molar-refractivity contribution in [2.24, 2.45) is 10.7 Å². The van der Waals surface area contributed by atoms with Gasteiger partial charge >= 0.3 is 0 Å². The van der Waals surface area contributed by atoms with Crippen LogP contribution in [0.5, 0.6) is 17.2 Å². The molecule has 0 spiro atoms. The minimum absolute atomic E-state index is 0.580. The minimum Gasteiger partial charge on any atom is -0.497 e. The van der Waals surface area contributed by atoms with E-state index in [9.17, 15) is 0 Å². The van der Waals surface area contributed by atoms with Crippen LogP contribution in [-0.4, -0.2) is 24.9 Å². The van der Waals surface area contributed by atoms with Gasteiger partial charge < -0.3 is 20.2 Å². The maximum Gasteiger partial charge on any atom is 0.127 e. The lowest BCUT2D eigenvalue weighted by molar-refractivity contribution is 0.413. The normalized spacial score (nSPS) is 14.3. The number of aryl methyl sites for hydroxylation is 1. The lowest BCUT2D eigenvalue weighted by Gasteiger charge is -2.08. The van der Waals surface area contributed by atoms with E-state index in [1.165, 1.54) is 5.56 Å². The van der Waals surface area contributed by atoms with Gasteiger partial charge in [-0.25, -0.2) is 0 Å². The Kier molecular flexibility index (Phi) is 6.68. The summed E-state index contributed by atoms with van der Waals surface area (Å²) < 4.78 is 11.1. The van der Waals surface area contributed by atoms with Gasteiger partial charge in [0.25, 0.3) is 0 Å². The second kappa shape index (κ2) is 9.98. The molecule has 3 aromatic rings. The highest BCUT2D eigenvalue weighted by atomic mass is 16.5. The standard InChI is InChI=1S/C27H27N3O2/c1-19-18-21(30-27(19)25(15-16-28)26-4-3-17-29-26)8-5-20-6-9-23(10-7-20)32-24-13-11-22(31-2)12-14-24/h3-14,17-18,30H,15-16,28H2,1-2H3/b8-5+,26-25?. The molecule has 5 heteroatoms. The Morgan fingerprint density at radius 3 is 2.31 bits per heavy atom. The molecule has 5 nitrogen and oxygen atoms in total. The van der Waals surface area contributed by atoms with Crippen LogP contribution >= 0.6 is 0 Å². The topological polar surface area (TPSA) is 72.6 Å². The Morgan fingerprint density at radius 2 is 1.69 bits per heavy atom. The van der Waals surface area contributed by atoms with Crippen LogP contribution in [0.3, 0.4) is 0 Å². The second-order valence-electron chi connectivity index (χ2n) is 7.50. The number of benzene rings is 2. The first-order valence-corrected chi connectivity index (χ1v) is 10.6. The van der Waals surface area contributed by atoms with Gasteiger partial charge in [-0.3, -0.25) is 4.99 Å². The van der Waals surface area contributed by atoms with Crippen molar-refractivity contribution in [3.63, 3.8) is 0 Å². The van der Waals surface area contributed by atoms with E-state index in [2.05, 4.69) is 35.1 Å². The highest BCUT2D eigenvalue weighted by Crippen LogP contribution is 2.28. The number of nitrogens with one attached hydrogen (secondary N) is 1. The monoisotopic (exact) mass is 425 g/mol. The highest BCUT2D eigenvalue weighted by molar-refractivity contribution is 5.83. The number of ether oxygens (including phenoxy) is 2. The van der Waals surface area contributed by atoms with E-state index in [0.717, 1.165) is 51.9 Å². The predicted molar refractivity (Wildman–Crippen MR) is 132 cm³/mol. The molecule has 32 heavy (non-hydrogen) atoms. The Balaban J connectivity index is 1.46. The Hall–Kier alpha value is -3.83. The van der Waals surface area contributed by atoms with Gasteiger partial charge in [0.05, 0.1) is 12.8 Å². The van der Waals surface area contributed by atoms with E-state index in [-0.39, 0.29) is 0 Å². The van der Waals surface area contributed by atoms with Crippen LogP contribution in [-0.2, 0) is 0 Å². The summed E-state index contributed by atoms with van der Waals surface area (Å²) >= 11 is 0. The van der Waals surface area contributed by atoms with E-state index in [0.29, 0.717) is 6.54 Å². The molecule has 0 amide bonds. The van der Waals surface area contributed by atoms with Gasteiger partial charge in [0.2, 0.25) is 0 Å². The number of allylic oxidation sites excluding steroid dienone is 2. The van der Waals surface area contributed by atoms with Crippen LogP contribution in [0.25, 0.3) is 17.7 Å². The quantitative estimate of drug-likeness (QED) is 0.465. The van der Waals surface area contributed by atoms with E-state index >= 15 is 0 Å². The number of methoxy groups -OCH3 is 1. The van der Waals surface area contributed by atoms with Crippen molar-refractivity contribution in [3.05, 3.63) is 95.0 Å². The van der Waals surface area contributed by atoms with Crippen molar-refractivity contribution in [2.45, 2.75) is 13.3 Å². The summed E-state index contributed by atoms with van der Waals surface area (Å²) in [6.07, 6.45) is 10.7. The summed E-state index contributed by atoms with van der Waals surface area (Å²) in [6, 6.07) is 17.7. The molecule has 0 radical (unpaired) electrons. The Labute approximate surface area is 188 Å². The number of aromatic amines is 1. The minimum atomic E-state index is 0.580. The van der Waals surface area contributed by atoms with Gasteiger partial charge in [-0.15, -0.1) is 0 Å². The Morgan fingerprint density at radius 1 is 1.00 bits per heavy atom. The molecule has 0 saturated carbocycles. The van der Waals surface area contributed by atoms with Gasteiger partial charge in [-0.2, -0.15) is 0 Å². The lowest BCUT2D eigenvalue weighted by Crippen LogP contribution is -2.02. The summed E-state index contributed by atoms with van der Waals surface area (Å²) in [4.78, 5) is 7.98. The molecular weight excluding hydrogens is 398 g/mol. The number of hydrogen-bond donors (Lipinski definition) is 2. The molecule has 0 saturated heterocycles. The van der Waals surface area contributed by atoms with Gasteiger partial charge in [0.1, 0.15) is 17.2 Å². The van der Waals surface area contributed by atoms with E-state index < -0.39 is 0 Å². The molecule has 0 unspecified atom stereocenters. The van der Waals surface area contributed by atoms with Crippen molar-refractivity contribution in [2.75, 3.05) is 13.7 Å². The molecule has 1 aliphatic rings. The van der Waals surface area contributed by atoms with Crippen LogP contribution in [0, 0.1) is 6.92 Å². The molecule has 0 bridgehead atoms. The van der Waals surface area contributed by atoms with Crippen molar-refractivity contribution < 1.29 is 9.47 Å². The molecule has 3 N–H and O–H groups in total. The summed E-state index contributed by atoms with van der Waals surface area (Å²) in [5, 5.41) is 0. The average molecular weight is 426 g/mol. The van der Waals surface area contributed by atoms with E-state index in [1.807, 2.05) is 66.9 Å². The van der Waals surface area contributed by atoms with Gasteiger partial charge in [-0.05, 0) is 91.7 Å². The van der Waals surface area contributed by atoms with Crippen molar-refractivity contribution in [1.29, 1.82) is 0 Å². The molecule has 0 aliphatic carbocycles. The Bertz CT molecular complexity index is 1170. The van der Waals surface area contributed by atoms with Gasteiger partial charge in [0.15, 0.2) is 0 Å². The number of aliphatic imine (C=N–C) groups is 1. The highest BCUT2D eigenvalue weighted by Gasteiger charge is 2.13. The zero-order valence-corrected chi connectivity index (χ0v) is 18.3. The maximum atomic E-state index is 5.89. The van der Waals surface area contributed by atoms with Crippen LogP contribution in [0.1, 0.15) is 28.9 Å². The van der Waals surface area contributed by atoms with Crippen LogP contribution < -0.4 is 15.2 Å². The largest absolute Gasteiger partial charge is 0.497 e. The first kappa shape index (κ1) is 21.4. The van der Waals surface area contributed by atoms with Gasteiger partial charge in [0, 0.05) is 23.2 Å². The fraction of sp³-hybridized carbons (Fsp3) is 0.148. The first-order valence-electron chi connectivity index (χ1n) is 10.6. The fourth-order valence-electron chi connectivity index (χ4n) is 3.61. The molecule has 4 rings (SSSR count). The zero-order chi connectivity index (χ0) is 22.3. The van der Waals surface area contributed by atoms with Gasteiger partial charge in [-0.1, -0.05) is 18.2 Å². The number of H-pyrrole nitrogens is 1. The van der Waals surface area contributed by atoms with Crippen molar-refractivity contribution in [1.82, 2.24) is 4.98 Å². The number of nitrogens with zero attached hydrogens (tertiary/aromatic N) is 1. The molecule has 162 valence electrons. The SMILES string of the molecule is COc1ccc(Oc2ccc(/C=C/c3cc(C)c(C(CCN)=C4C=CC=N4)[nH]3)cc2)cc1. The number of nitrogens with two attached hydrogens (primary N) is 1. The third kappa shape index (κ3) is 5.07. The molecule has 1 aromatic heterocycles. The van der Waals surface area contributed by atoms with E-state index in [1.54, 1.807) is 7.11 Å². The molecule has 1 aliphatic heterocycles. The lowest BCUT2D eigenvalue weighted by atomic mass is 10.0. The summed E-state index contributed by atoms with van der Waals surface area (Å²) in [5.41, 5.74) is 12.4. The molecule has 0 atom stereocenters. The zero-order valence-electron chi connectivity index (χ0n) is 18.3. The fourth-order valence-corrected chi connectivity index (χ4v) is 3.61. The summed E-state index contributed by atoms with van der Waals surface area (Å²) in [6.45, 7) is 2.69. The third-order valence-electron chi connectivity index (χ3n) is 5.23. The van der Waals surface area contributed by atoms with Crippen molar-refractivity contribution >= 4 is 23.9 Å². The second-order valence-corrected chi connectivity index (χ2v) is 7.50. The molecule has 2 aromatic carbocycles. The molecular formula is C27H27N3O2. The third-order valence-corrected chi connectivity index (χ3v) is 5.23. The maximum absolute atomic E-state index is 5.89. The van der Waals surface area contributed by atoms with Crippen LogP contribution in [0.4, 0.5) is 0 Å². The smallest absolute Gasteiger partial charge is 0.127 e. The van der Waals surface area contributed by atoms with Crippen LogP contribution in [0.2, 0.25) is 0 Å². The summed E-state index contributed by atoms with van der Waals surface area (Å²) in [7, 11) is 1.65. The van der Waals surface area contributed by atoms with Crippen molar-refractivity contribution in [3.8, 4) is 17.2 Å². The molecule has 0 fully saturated rings. The number of hydrogen-bond acceptors (Lipinski definition) is 4. The number of rotatable bonds is 8.